The molecule has 0 aliphatic carbocycles. The van der Waals surface area contributed by atoms with E-state index < -0.39 is 13.6 Å². The molecule has 0 aliphatic heterocycles. The third-order valence-corrected chi connectivity index (χ3v) is 5.39. The van der Waals surface area contributed by atoms with Gasteiger partial charge >= 0.3 is 13.6 Å². The minimum atomic E-state index is -3.69. The largest absolute Gasteiger partial charge is 0.413 e. The molecule has 4 nitrogen and oxygen atoms in total. The molecule has 0 heterocycles. The standard InChI is InChI=1S/C18H21O4P/c1-5-21-23(20,16-9-7-6-8-10-16)22-18(19)17-14(3)11-13(2)12-15(17)4/h6-12H,5H2,1-4H3. The Morgan fingerprint density at radius 2 is 1.61 bits per heavy atom. The lowest BCUT2D eigenvalue weighted by Crippen LogP contribution is -2.16. The summed E-state index contributed by atoms with van der Waals surface area (Å²) < 4.78 is 23.7. The molecular weight excluding hydrogens is 311 g/mol. The highest BCUT2D eigenvalue weighted by Gasteiger charge is 2.32. The Bertz CT molecular complexity index is 730. The van der Waals surface area contributed by atoms with Crippen LogP contribution in [0.1, 0.15) is 34.0 Å². The van der Waals surface area contributed by atoms with Gasteiger partial charge in [-0.3, -0.25) is 4.52 Å². The Balaban J connectivity index is 2.39. The Hall–Kier alpha value is -1.90. The number of carbonyl (C=O) groups is 1. The molecule has 1 unspecified atom stereocenters. The molecule has 1 atom stereocenters. The first-order valence-corrected chi connectivity index (χ1v) is 9.03. The summed E-state index contributed by atoms with van der Waals surface area (Å²) in [6.07, 6.45) is 0. The lowest BCUT2D eigenvalue weighted by Gasteiger charge is -2.19. The topological polar surface area (TPSA) is 52.6 Å². The summed E-state index contributed by atoms with van der Waals surface area (Å²) in [5.74, 6) is -0.624. The van der Waals surface area contributed by atoms with Crippen molar-refractivity contribution >= 4 is 18.9 Å². The van der Waals surface area contributed by atoms with Crippen LogP contribution in [-0.4, -0.2) is 12.6 Å². The maximum Gasteiger partial charge on any atom is 0.413 e. The molecule has 2 aromatic carbocycles. The van der Waals surface area contributed by atoms with Crippen LogP contribution in [0.2, 0.25) is 0 Å². The van der Waals surface area contributed by atoms with Gasteiger partial charge in [0.15, 0.2) is 0 Å². The van der Waals surface area contributed by atoms with Crippen LogP contribution in [0, 0.1) is 20.8 Å². The first-order chi connectivity index (χ1) is 10.9. The maximum absolute atomic E-state index is 13.0. The summed E-state index contributed by atoms with van der Waals surface area (Å²) in [4.78, 5) is 12.6. The van der Waals surface area contributed by atoms with Crippen LogP contribution >= 0.6 is 7.60 Å². The fourth-order valence-corrected chi connectivity index (χ4v) is 4.08. The predicted molar refractivity (Wildman–Crippen MR) is 91.4 cm³/mol. The van der Waals surface area contributed by atoms with E-state index >= 15 is 0 Å². The van der Waals surface area contributed by atoms with Crippen molar-refractivity contribution in [2.75, 3.05) is 6.61 Å². The number of rotatable bonds is 5. The van der Waals surface area contributed by atoms with Gasteiger partial charge in [0, 0.05) is 0 Å². The molecular formula is C18H21O4P. The summed E-state index contributed by atoms with van der Waals surface area (Å²) in [6, 6.07) is 12.3. The summed E-state index contributed by atoms with van der Waals surface area (Å²) in [5, 5.41) is 0.373. The molecule has 23 heavy (non-hydrogen) atoms. The van der Waals surface area contributed by atoms with E-state index in [9.17, 15) is 9.36 Å². The van der Waals surface area contributed by atoms with E-state index in [1.807, 2.05) is 32.9 Å². The first kappa shape index (κ1) is 17.5. The third-order valence-electron chi connectivity index (χ3n) is 3.46. The van der Waals surface area contributed by atoms with Gasteiger partial charge in [-0.25, -0.2) is 9.36 Å². The third kappa shape index (κ3) is 3.90. The van der Waals surface area contributed by atoms with E-state index in [1.165, 1.54) is 0 Å². The normalized spacial score (nSPS) is 13.4. The van der Waals surface area contributed by atoms with E-state index in [0.717, 1.165) is 16.7 Å². The summed E-state index contributed by atoms with van der Waals surface area (Å²) in [5.41, 5.74) is 3.09. The van der Waals surface area contributed by atoms with Gasteiger partial charge in [0.05, 0.1) is 17.5 Å². The van der Waals surface area contributed by atoms with E-state index in [4.69, 9.17) is 9.05 Å². The SMILES string of the molecule is CCOP(=O)(OC(=O)c1c(C)cc(C)cc1C)c1ccccc1. The number of hydrogen-bond donors (Lipinski definition) is 0. The fourth-order valence-electron chi connectivity index (χ4n) is 2.59. The van der Waals surface area contributed by atoms with Crippen LogP contribution in [0.4, 0.5) is 0 Å². The average Bonchev–Trinajstić information content (AvgIpc) is 2.47. The first-order valence-electron chi connectivity index (χ1n) is 7.49. The highest BCUT2D eigenvalue weighted by atomic mass is 31.2. The second-order valence-electron chi connectivity index (χ2n) is 5.40. The summed E-state index contributed by atoms with van der Waals surface area (Å²) in [7, 11) is -3.69. The van der Waals surface area contributed by atoms with Gasteiger partial charge in [0.1, 0.15) is 0 Å². The van der Waals surface area contributed by atoms with Gasteiger partial charge in [0.2, 0.25) is 0 Å². The second kappa shape index (κ2) is 7.12. The predicted octanol–water partition coefficient (Wildman–Crippen LogP) is 4.32. The molecule has 0 spiro atoms. The van der Waals surface area contributed by atoms with Crippen LogP contribution < -0.4 is 5.30 Å². The highest BCUT2D eigenvalue weighted by molar-refractivity contribution is 7.62. The molecule has 0 saturated carbocycles. The summed E-state index contributed by atoms with van der Waals surface area (Å²) >= 11 is 0. The van der Waals surface area contributed by atoms with Crippen molar-refractivity contribution < 1.29 is 18.4 Å². The van der Waals surface area contributed by atoms with Crippen molar-refractivity contribution in [2.24, 2.45) is 0 Å². The fraction of sp³-hybridized carbons (Fsp3) is 0.278. The van der Waals surface area contributed by atoms with Crippen molar-refractivity contribution in [3.05, 3.63) is 64.7 Å². The minimum absolute atomic E-state index is 0.186. The summed E-state index contributed by atoms with van der Waals surface area (Å²) in [6.45, 7) is 7.54. The monoisotopic (exact) mass is 332 g/mol. The highest BCUT2D eigenvalue weighted by Crippen LogP contribution is 2.47. The van der Waals surface area contributed by atoms with E-state index in [1.54, 1.807) is 37.3 Å². The Morgan fingerprint density at radius 1 is 1.04 bits per heavy atom. The van der Waals surface area contributed by atoms with Gasteiger partial charge in [-0.2, -0.15) is 0 Å². The van der Waals surface area contributed by atoms with Gasteiger partial charge in [-0.05, 0) is 51.0 Å². The zero-order valence-electron chi connectivity index (χ0n) is 13.8. The van der Waals surface area contributed by atoms with Crippen LogP contribution in [0.3, 0.4) is 0 Å². The molecule has 0 bridgehead atoms. The molecule has 0 saturated heterocycles. The zero-order chi connectivity index (χ0) is 17.0. The second-order valence-corrected chi connectivity index (χ2v) is 7.36. The molecule has 0 radical (unpaired) electrons. The van der Waals surface area contributed by atoms with Gasteiger partial charge in [-0.15, -0.1) is 0 Å². The van der Waals surface area contributed by atoms with Crippen molar-refractivity contribution in [1.82, 2.24) is 0 Å². The zero-order valence-corrected chi connectivity index (χ0v) is 14.7. The average molecular weight is 332 g/mol. The molecule has 5 heteroatoms. The Labute approximate surface area is 137 Å². The van der Waals surface area contributed by atoms with Crippen molar-refractivity contribution in [3.8, 4) is 0 Å². The molecule has 2 rings (SSSR count). The molecule has 0 N–H and O–H groups in total. The Morgan fingerprint density at radius 3 is 2.13 bits per heavy atom. The van der Waals surface area contributed by atoms with Gasteiger partial charge in [0.25, 0.3) is 0 Å². The quantitative estimate of drug-likeness (QED) is 0.765. The maximum atomic E-state index is 13.0. The van der Waals surface area contributed by atoms with Crippen LogP contribution in [0.25, 0.3) is 0 Å². The molecule has 122 valence electrons. The van der Waals surface area contributed by atoms with Gasteiger partial charge in [-0.1, -0.05) is 35.9 Å². The van der Waals surface area contributed by atoms with Crippen LogP contribution in [0.15, 0.2) is 42.5 Å². The van der Waals surface area contributed by atoms with E-state index in [0.29, 0.717) is 10.9 Å². The van der Waals surface area contributed by atoms with Gasteiger partial charge < -0.3 is 4.52 Å². The van der Waals surface area contributed by atoms with Crippen LogP contribution in [-0.2, 0) is 13.6 Å². The van der Waals surface area contributed by atoms with E-state index in [-0.39, 0.29) is 6.61 Å². The van der Waals surface area contributed by atoms with Crippen molar-refractivity contribution in [1.29, 1.82) is 0 Å². The molecule has 0 aliphatic rings. The van der Waals surface area contributed by atoms with Crippen molar-refractivity contribution in [3.63, 3.8) is 0 Å². The lowest BCUT2D eigenvalue weighted by molar-refractivity contribution is 0.0706. The molecule has 0 fully saturated rings. The molecule has 0 amide bonds. The molecule has 0 aromatic heterocycles. The van der Waals surface area contributed by atoms with Crippen LogP contribution in [0.5, 0.6) is 0 Å². The number of hydrogen-bond acceptors (Lipinski definition) is 4. The number of carbonyl (C=O) groups excluding carboxylic acids is 1. The number of aryl methyl sites for hydroxylation is 3. The Kier molecular flexibility index (Phi) is 5.40. The van der Waals surface area contributed by atoms with E-state index in [2.05, 4.69) is 0 Å². The number of benzene rings is 2. The van der Waals surface area contributed by atoms with Crippen molar-refractivity contribution in [2.45, 2.75) is 27.7 Å². The smallest absolute Gasteiger partial charge is 0.385 e. The minimum Gasteiger partial charge on any atom is -0.385 e. The molecule has 2 aromatic rings. The lowest BCUT2D eigenvalue weighted by atomic mass is 10.0.